The molecule has 0 unspecified atom stereocenters. The van der Waals surface area contributed by atoms with E-state index in [9.17, 15) is 13.6 Å². The first-order valence-electron chi connectivity index (χ1n) is 7.88. The van der Waals surface area contributed by atoms with Gasteiger partial charge in [0.1, 0.15) is 0 Å². The maximum Gasteiger partial charge on any atom is 0.317 e. The number of nitrogens with one attached hydrogen (secondary N) is 1. The van der Waals surface area contributed by atoms with Gasteiger partial charge in [0.25, 0.3) is 0 Å². The van der Waals surface area contributed by atoms with Crippen LogP contribution in [0, 0.1) is 17.6 Å². The summed E-state index contributed by atoms with van der Waals surface area (Å²) in [7, 11) is 1.68. The molecule has 22 heavy (non-hydrogen) atoms. The molecule has 0 aromatic heterocycles. The van der Waals surface area contributed by atoms with E-state index >= 15 is 0 Å². The van der Waals surface area contributed by atoms with E-state index in [1.807, 2.05) is 0 Å². The highest BCUT2D eigenvalue weighted by Crippen LogP contribution is 2.25. The van der Waals surface area contributed by atoms with E-state index in [1.165, 1.54) is 17.4 Å². The van der Waals surface area contributed by atoms with Crippen molar-refractivity contribution < 1.29 is 13.6 Å². The molecule has 1 saturated carbocycles. The standard InChI is InChI=1S/C17H24F2N2O/c1-11-6-4-5-7-16(11)20-17(22)21(3)12(2)13-8-9-14(18)15(19)10-13/h8-12,16H,4-7H2,1-3H3,(H,20,22)/t11-,12+,16-/m1/s1. The average Bonchev–Trinajstić information content (AvgIpc) is 2.50. The molecule has 0 spiro atoms. The Morgan fingerprint density at radius 1 is 1.27 bits per heavy atom. The smallest absolute Gasteiger partial charge is 0.317 e. The van der Waals surface area contributed by atoms with Crippen molar-refractivity contribution in [3.05, 3.63) is 35.4 Å². The first kappa shape index (κ1) is 16.7. The van der Waals surface area contributed by atoms with E-state index in [0.29, 0.717) is 11.5 Å². The Balaban J connectivity index is 2.01. The van der Waals surface area contributed by atoms with Crippen LogP contribution in [0.15, 0.2) is 18.2 Å². The third-order valence-electron chi connectivity index (χ3n) is 4.75. The molecule has 0 aliphatic heterocycles. The predicted molar refractivity (Wildman–Crippen MR) is 82.5 cm³/mol. The van der Waals surface area contributed by atoms with Gasteiger partial charge in [0, 0.05) is 13.1 Å². The van der Waals surface area contributed by atoms with Crippen molar-refractivity contribution in [2.45, 2.75) is 51.6 Å². The lowest BCUT2D eigenvalue weighted by molar-refractivity contribution is 0.179. The third-order valence-corrected chi connectivity index (χ3v) is 4.75. The molecule has 0 saturated heterocycles. The van der Waals surface area contributed by atoms with Gasteiger partial charge in [-0.3, -0.25) is 0 Å². The second-order valence-corrected chi connectivity index (χ2v) is 6.28. The van der Waals surface area contributed by atoms with Gasteiger partial charge in [-0.15, -0.1) is 0 Å². The second kappa shape index (κ2) is 7.07. The Morgan fingerprint density at radius 3 is 2.59 bits per heavy atom. The third kappa shape index (κ3) is 3.76. The minimum Gasteiger partial charge on any atom is -0.335 e. The van der Waals surface area contributed by atoms with Crippen LogP contribution in [0.2, 0.25) is 0 Å². The quantitative estimate of drug-likeness (QED) is 0.889. The highest BCUT2D eigenvalue weighted by atomic mass is 19.2. The first-order chi connectivity index (χ1) is 10.4. The van der Waals surface area contributed by atoms with Crippen molar-refractivity contribution in [3.8, 4) is 0 Å². The second-order valence-electron chi connectivity index (χ2n) is 6.28. The van der Waals surface area contributed by atoms with E-state index in [1.54, 1.807) is 14.0 Å². The number of urea groups is 1. The fourth-order valence-electron chi connectivity index (χ4n) is 2.96. The van der Waals surface area contributed by atoms with Crippen LogP contribution in [-0.4, -0.2) is 24.0 Å². The van der Waals surface area contributed by atoms with Crippen molar-refractivity contribution >= 4 is 6.03 Å². The summed E-state index contributed by atoms with van der Waals surface area (Å²) in [4.78, 5) is 13.9. The summed E-state index contributed by atoms with van der Waals surface area (Å²) in [5, 5.41) is 3.06. The number of amides is 2. The summed E-state index contributed by atoms with van der Waals surface area (Å²) in [5.74, 6) is -1.29. The van der Waals surface area contributed by atoms with Crippen LogP contribution in [-0.2, 0) is 0 Å². The largest absolute Gasteiger partial charge is 0.335 e. The lowest BCUT2D eigenvalue weighted by Gasteiger charge is -2.33. The summed E-state index contributed by atoms with van der Waals surface area (Å²) in [5.41, 5.74) is 0.577. The van der Waals surface area contributed by atoms with Crippen LogP contribution in [0.1, 0.15) is 51.1 Å². The van der Waals surface area contributed by atoms with E-state index in [0.717, 1.165) is 31.4 Å². The number of halogens is 2. The van der Waals surface area contributed by atoms with Gasteiger partial charge in [0.15, 0.2) is 11.6 Å². The van der Waals surface area contributed by atoms with Crippen molar-refractivity contribution in [2.24, 2.45) is 5.92 Å². The molecule has 2 rings (SSSR count). The first-order valence-corrected chi connectivity index (χ1v) is 7.88. The molecular weight excluding hydrogens is 286 g/mol. The van der Waals surface area contributed by atoms with Gasteiger partial charge < -0.3 is 10.2 Å². The van der Waals surface area contributed by atoms with Gasteiger partial charge in [-0.25, -0.2) is 13.6 Å². The van der Waals surface area contributed by atoms with Crippen LogP contribution in [0.25, 0.3) is 0 Å². The Morgan fingerprint density at radius 2 is 1.95 bits per heavy atom. The zero-order valence-electron chi connectivity index (χ0n) is 13.4. The summed E-state index contributed by atoms with van der Waals surface area (Å²) in [6, 6.07) is 3.45. The molecule has 2 amide bonds. The highest BCUT2D eigenvalue weighted by Gasteiger charge is 2.26. The summed E-state index contributed by atoms with van der Waals surface area (Å²) in [6.45, 7) is 3.96. The van der Waals surface area contributed by atoms with Crippen molar-refractivity contribution in [1.82, 2.24) is 10.2 Å². The number of hydrogen-bond acceptors (Lipinski definition) is 1. The molecule has 1 N–H and O–H groups in total. The van der Waals surface area contributed by atoms with E-state index in [4.69, 9.17) is 0 Å². The lowest BCUT2D eigenvalue weighted by atomic mass is 9.86. The number of benzene rings is 1. The monoisotopic (exact) mass is 310 g/mol. The van der Waals surface area contributed by atoms with E-state index < -0.39 is 11.6 Å². The van der Waals surface area contributed by atoms with Crippen molar-refractivity contribution in [3.63, 3.8) is 0 Å². The number of nitrogens with zero attached hydrogens (tertiary/aromatic N) is 1. The number of carbonyl (C=O) groups is 1. The fraction of sp³-hybridized carbons (Fsp3) is 0.588. The van der Waals surface area contributed by atoms with E-state index in [2.05, 4.69) is 12.2 Å². The lowest BCUT2D eigenvalue weighted by Crippen LogP contribution is -2.47. The summed E-state index contributed by atoms with van der Waals surface area (Å²) in [6.07, 6.45) is 4.49. The molecule has 0 radical (unpaired) electrons. The molecular formula is C17H24F2N2O. The van der Waals surface area contributed by atoms with Gasteiger partial charge >= 0.3 is 6.03 Å². The maximum atomic E-state index is 13.3. The Kier molecular flexibility index (Phi) is 5.37. The van der Waals surface area contributed by atoms with Crippen molar-refractivity contribution in [2.75, 3.05) is 7.05 Å². The topological polar surface area (TPSA) is 32.3 Å². The molecule has 1 aliphatic rings. The average molecular weight is 310 g/mol. The van der Waals surface area contributed by atoms with Crippen LogP contribution < -0.4 is 5.32 Å². The number of hydrogen-bond donors (Lipinski definition) is 1. The molecule has 3 atom stereocenters. The molecule has 1 aromatic rings. The normalized spacial score (nSPS) is 23.0. The van der Waals surface area contributed by atoms with Crippen LogP contribution in [0.5, 0.6) is 0 Å². The summed E-state index contributed by atoms with van der Waals surface area (Å²) >= 11 is 0. The molecule has 0 bridgehead atoms. The van der Waals surface area contributed by atoms with Crippen LogP contribution >= 0.6 is 0 Å². The number of rotatable bonds is 3. The molecule has 3 nitrogen and oxygen atoms in total. The predicted octanol–water partition coefficient (Wildman–Crippen LogP) is 4.25. The number of carbonyl (C=O) groups excluding carboxylic acids is 1. The van der Waals surface area contributed by atoms with E-state index in [-0.39, 0.29) is 18.1 Å². The zero-order valence-corrected chi connectivity index (χ0v) is 13.4. The van der Waals surface area contributed by atoms with Crippen LogP contribution in [0.3, 0.4) is 0 Å². The maximum absolute atomic E-state index is 13.3. The molecule has 5 heteroatoms. The Bertz CT molecular complexity index is 535. The fourth-order valence-corrected chi connectivity index (χ4v) is 2.96. The molecule has 1 aromatic carbocycles. The highest BCUT2D eigenvalue weighted by molar-refractivity contribution is 5.74. The SMILES string of the molecule is C[C@@H]1CCCC[C@H]1NC(=O)N(C)[C@@H](C)c1ccc(F)c(F)c1. The van der Waals surface area contributed by atoms with Gasteiger partial charge in [-0.05, 0) is 43.4 Å². The molecule has 1 aliphatic carbocycles. The zero-order chi connectivity index (χ0) is 16.3. The van der Waals surface area contributed by atoms with Gasteiger partial charge in [0.05, 0.1) is 6.04 Å². The minimum absolute atomic E-state index is 0.170. The Hall–Kier alpha value is -1.65. The van der Waals surface area contributed by atoms with Crippen LogP contribution in [0.4, 0.5) is 13.6 Å². The molecule has 1 fully saturated rings. The van der Waals surface area contributed by atoms with Gasteiger partial charge in [-0.1, -0.05) is 25.8 Å². The Labute approximate surface area is 130 Å². The van der Waals surface area contributed by atoms with Crippen molar-refractivity contribution in [1.29, 1.82) is 0 Å². The molecule has 0 heterocycles. The van der Waals surface area contributed by atoms with Gasteiger partial charge in [0.2, 0.25) is 0 Å². The van der Waals surface area contributed by atoms with Gasteiger partial charge in [-0.2, -0.15) is 0 Å². The minimum atomic E-state index is -0.890. The summed E-state index contributed by atoms with van der Waals surface area (Å²) < 4.78 is 26.3. The molecule has 122 valence electrons.